The Morgan fingerprint density at radius 3 is 2.40 bits per heavy atom. The third kappa shape index (κ3) is 3.49. The van der Waals surface area contributed by atoms with E-state index in [1.54, 1.807) is 6.21 Å². The summed E-state index contributed by atoms with van der Waals surface area (Å²) in [6.45, 7) is 6.55. The van der Waals surface area contributed by atoms with E-state index in [0.29, 0.717) is 11.8 Å². The van der Waals surface area contributed by atoms with Crippen molar-refractivity contribution in [1.29, 1.82) is 0 Å². The minimum absolute atomic E-state index is 0.663. The van der Waals surface area contributed by atoms with Gasteiger partial charge in [0.1, 0.15) is 0 Å². The average molecular weight is 143 g/mol. The molecule has 1 N–H and O–H groups in total. The van der Waals surface area contributed by atoms with Gasteiger partial charge in [-0.05, 0) is 18.3 Å². The van der Waals surface area contributed by atoms with Crippen molar-refractivity contribution in [2.45, 2.75) is 33.6 Å². The largest absolute Gasteiger partial charge is 0.411 e. The van der Waals surface area contributed by atoms with Gasteiger partial charge < -0.3 is 5.21 Å². The molecular formula is C8H17NO. The Hall–Kier alpha value is -0.530. The van der Waals surface area contributed by atoms with E-state index in [-0.39, 0.29) is 0 Å². The summed E-state index contributed by atoms with van der Waals surface area (Å²) >= 11 is 0. The molecule has 0 fully saturated rings. The minimum atomic E-state index is 0.663. The maximum absolute atomic E-state index is 8.16. The summed E-state index contributed by atoms with van der Waals surface area (Å²) in [5.74, 6) is 1.35. The fourth-order valence-electron chi connectivity index (χ4n) is 1.09. The van der Waals surface area contributed by atoms with Crippen LogP contribution in [0.3, 0.4) is 0 Å². The molecule has 0 amide bonds. The molecule has 2 nitrogen and oxygen atoms in total. The highest BCUT2D eigenvalue weighted by Crippen LogP contribution is 2.16. The van der Waals surface area contributed by atoms with Crippen molar-refractivity contribution in [3.63, 3.8) is 0 Å². The Labute approximate surface area is 62.9 Å². The van der Waals surface area contributed by atoms with Gasteiger partial charge in [0.15, 0.2) is 0 Å². The van der Waals surface area contributed by atoms with Crippen LogP contribution in [0.25, 0.3) is 0 Å². The molecule has 0 aliphatic rings. The Morgan fingerprint density at radius 1 is 1.50 bits per heavy atom. The van der Waals surface area contributed by atoms with Gasteiger partial charge in [-0.2, -0.15) is 0 Å². The molecule has 0 bridgehead atoms. The van der Waals surface area contributed by atoms with Crippen molar-refractivity contribution in [3.8, 4) is 0 Å². The first kappa shape index (κ1) is 9.47. The van der Waals surface area contributed by atoms with Gasteiger partial charge in [0.2, 0.25) is 0 Å². The van der Waals surface area contributed by atoms with Crippen molar-refractivity contribution in [1.82, 2.24) is 0 Å². The Kier molecular flexibility index (Phi) is 4.99. The lowest BCUT2D eigenvalue weighted by molar-refractivity contribution is 0.315. The zero-order chi connectivity index (χ0) is 7.98. The first-order valence-corrected chi connectivity index (χ1v) is 3.88. The molecule has 0 aromatic carbocycles. The normalized spacial score (nSPS) is 14.8. The van der Waals surface area contributed by atoms with Crippen molar-refractivity contribution < 1.29 is 5.21 Å². The van der Waals surface area contributed by atoms with Gasteiger partial charge in [0, 0.05) is 6.21 Å². The van der Waals surface area contributed by atoms with Crippen LogP contribution in [0.5, 0.6) is 0 Å². The highest BCUT2D eigenvalue weighted by molar-refractivity contribution is 5.56. The van der Waals surface area contributed by atoms with E-state index in [0.717, 1.165) is 12.8 Å². The molecule has 10 heavy (non-hydrogen) atoms. The molecule has 0 aliphatic heterocycles. The van der Waals surface area contributed by atoms with Crippen molar-refractivity contribution >= 4 is 6.21 Å². The van der Waals surface area contributed by atoms with E-state index >= 15 is 0 Å². The van der Waals surface area contributed by atoms with E-state index in [2.05, 4.69) is 25.9 Å². The lowest BCUT2D eigenvalue weighted by Gasteiger charge is -2.15. The first-order valence-electron chi connectivity index (χ1n) is 3.88. The van der Waals surface area contributed by atoms with Gasteiger partial charge in [-0.1, -0.05) is 27.2 Å². The van der Waals surface area contributed by atoms with Crippen LogP contribution in [-0.4, -0.2) is 11.4 Å². The van der Waals surface area contributed by atoms with Crippen molar-refractivity contribution in [3.05, 3.63) is 0 Å². The summed E-state index contributed by atoms with van der Waals surface area (Å²) in [6, 6.07) is 0. The van der Waals surface area contributed by atoms with Crippen LogP contribution >= 0.6 is 0 Å². The second kappa shape index (κ2) is 5.27. The van der Waals surface area contributed by atoms with E-state index in [4.69, 9.17) is 5.21 Å². The fourth-order valence-corrected chi connectivity index (χ4v) is 1.09. The molecule has 1 atom stereocenters. The maximum atomic E-state index is 8.16. The quantitative estimate of drug-likeness (QED) is 0.366. The number of hydrogen-bond donors (Lipinski definition) is 1. The zero-order valence-electron chi connectivity index (χ0n) is 7.04. The van der Waals surface area contributed by atoms with Gasteiger partial charge in [-0.3, -0.25) is 0 Å². The molecule has 0 aromatic heterocycles. The fraction of sp³-hybridized carbons (Fsp3) is 0.875. The van der Waals surface area contributed by atoms with E-state index in [1.807, 2.05) is 0 Å². The van der Waals surface area contributed by atoms with Crippen LogP contribution in [0.1, 0.15) is 33.6 Å². The summed E-state index contributed by atoms with van der Waals surface area (Å²) in [5.41, 5.74) is 0. The molecule has 0 aliphatic carbocycles. The Balaban J connectivity index is 3.60. The SMILES string of the molecule is CCC(C/C=N/O)C(C)C. The Bertz CT molecular complexity index is 99.4. The molecule has 1 unspecified atom stereocenters. The van der Waals surface area contributed by atoms with Crippen LogP contribution in [0.15, 0.2) is 5.16 Å². The monoisotopic (exact) mass is 143 g/mol. The molecule has 0 heterocycles. The number of rotatable bonds is 4. The van der Waals surface area contributed by atoms with Gasteiger partial charge in [0.25, 0.3) is 0 Å². The smallest absolute Gasteiger partial charge is 0.0438 e. The van der Waals surface area contributed by atoms with Gasteiger partial charge in [-0.15, -0.1) is 5.16 Å². The van der Waals surface area contributed by atoms with Crippen LogP contribution in [0, 0.1) is 11.8 Å². The third-order valence-electron chi connectivity index (χ3n) is 1.96. The summed E-state index contributed by atoms with van der Waals surface area (Å²) in [5, 5.41) is 11.1. The second-order valence-corrected chi connectivity index (χ2v) is 2.95. The highest BCUT2D eigenvalue weighted by atomic mass is 16.4. The molecule has 0 rings (SSSR count). The summed E-state index contributed by atoms with van der Waals surface area (Å²) in [7, 11) is 0. The van der Waals surface area contributed by atoms with Crippen LogP contribution < -0.4 is 0 Å². The number of hydrogen-bond acceptors (Lipinski definition) is 2. The summed E-state index contributed by atoms with van der Waals surface area (Å²) in [4.78, 5) is 0. The maximum Gasteiger partial charge on any atom is 0.0438 e. The topological polar surface area (TPSA) is 32.6 Å². The molecule has 0 saturated heterocycles. The molecular weight excluding hydrogens is 126 g/mol. The Morgan fingerprint density at radius 2 is 2.10 bits per heavy atom. The van der Waals surface area contributed by atoms with Crippen LogP contribution in [0.2, 0.25) is 0 Å². The average Bonchev–Trinajstić information content (AvgIpc) is 1.89. The molecule has 0 spiro atoms. The lowest BCUT2D eigenvalue weighted by atomic mass is 9.91. The highest BCUT2D eigenvalue weighted by Gasteiger charge is 2.08. The minimum Gasteiger partial charge on any atom is -0.411 e. The van der Waals surface area contributed by atoms with Gasteiger partial charge in [-0.25, -0.2) is 0 Å². The number of oxime groups is 1. The molecule has 0 radical (unpaired) electrons. The summed E-state index contributed by atoms with van der Waals surface area (Å²) in [6.07, 6.45) is 3.63. The van der Waals surface area contributed by atoms with Crippen LogP contribution in [0.4, 0.5) is 0 Å². The lowest BCUT2D eigenvalue weighted by Crippen LogP contribution is -2.07. The van der Waals surface area contributed by atoms with Crippen molar-refractivity contribution in [2.75, 3.05) is 0 Å². The van der Waals surface area contributed by atoms with Crippen molar-refractivity contribution in [2.24, 2.45) is 17.0 Å². The molecule has 0 saturated carbocycles. The second-order valence-electron chi connectivity index (χ2n) is 2.95. The van der Waals surface area contributed by atoms with Gasteiger partial charge in [0.05, 0.1) is 0 Å². The van der Waals surface area contributed by atoms with Gasteiger partial charge >= 0.3 is 0 Å². The predicted molar refractivity (Wildman–Crippen MR) is 43.5 cm³/mol. The first-order chi connectivity index (χ1) is 4.72. The third-order valence-corrected chi connectivity index (χ3v) is 1.96. The summed E-state index contributed by atoms with van der Waals surface area (Å²) < 4.78 is 0. The molecule has 0 aromatic rings. The zero-order valence-corrected chi connectivity index (χ0v) is 7.04. The standard InChI is InChI=1S/C8H17NO/c1-4-8(7(2)3)5-6-9-10/h6-8,10H,4-5H2,1-3H3/b9-6+. The molecule has 60 valence electrons. The van der Waals surface area contributed by atoms with E-state index in [1.165, 1.54) is 0 Å². The van der Waals surface area contributed by atoms with Crippen LogP contribution in [-0.2, 0) is 0 Å². The number of nitrogens with zero attached hydrogens (tertiary/aromatic N) is 1. The van der Waals surface area contributed by atoms with E-state index < -0.39 is 0 Å². The molecule has 2 heteroatoms. The predicted octanol–water partition coefficient (Wildman–Crippen LogP) is 2.52. The van der Waals surface area contributed by atoms with E-state index in [9.17, 15) is 0 Å².